The highest BCUT2D eigenvalue weighted by molar-refractivity contribution is 5.86. The van der Waals surface area contributed by atoms with E-state index in [1.54, 1.807) is 27.7 Å². The van der Waals surface area contributed by atoms with E-state index in [2.05, 4.69) is 10.3 Å². The molecule has 0 unspecified atom stereocenters. The number of hydrogen-bond acceptors (Lipinski definition) is 7. The number of carbonyl (C=O) groups excluding carboxylic acids is 2. The Hall–Kier alpha value is -2.65. The number of rotatable bonds is 4. The maximum atomic E-state index is 12.3. The smallest absolute Gasteiger partial charge is 0.411 e. The first-order valence-corrected chi connectivity index (χ1v) is 7.93. The second-order valence-corrected chi connectivity index (χ2v) is 6.68. The molecule has 0 radical (unpaired) electrons. The molecule has 1 aliphatic rings. The number of amides is 1. The predicted molar refractivity (Wildman–Crippen MR) is 84.0 cm³/mol. The average molecular weight is 354 g/mol. The minimum atomic E-state index is -1.13. The number of carbonyl (C=O) groups is 3. The first-order chi connectivity index (χ1) is 11.6. The number of esters is 1. The zero-order valence-corrected chi connectivity index (χ0v) is 14.6. The molecule has 1 fully saturated rings. The van der Waals surface area contributed by atoms with E-state index in [0.29, 0.717) is 0 Å². The molecule has 1 aliphatic heterocycles. The molecule has 10 nitrogen and oxygen atoms in total. The highest BCUT2D eigenvalue weighted by Gasteiger charge is 2.42. The van der Waals surface area contributed by atoms with Gasteiger partial charge in [-0.1, -0.05) is 5.21 Å². The molecule has 25 heavy (non-hydrogen) atoms. The van der Waals surface area contributed by atoms with Crippen LogP contribution in [0.3, 0.4) is 0 Å². The monoisotopic (exact) mass is 354 g/mol. The maximum absolute atomic E-state index is 12.3. The van der Waals surface area contributed by atoms with E-state index >= 15 is 0 Å². The molecule has 1 saturated heterocycles. The van der Waals surface area contributed by atoms with E-state index in [-0.39, 0.29) is 25.3 Å². The van der Waals surface area contributed by atoms with Crippen molar-refractivity contribution in [3.8, 4) is 0 Å². The van der Waals surface area contributed by atoms with Crippen molar-refractivity contribution in [2.45, 2.75) is 51.8 Å². The molecule has 2 heterocycles. The lowest BCUT2D eigenvalue weighted by atomic mass is 10.2. The molecule has 2 atom stereocenters. The summed E-state index contributed by atoms with van der Waals surface area (Å²) >= 11 is 0. The van der Waals surface area contributed by atoms with Crippen LogP contribution in [0.15, 0.2) is 6.20 Å². The molecule has 10 heteroatoms. The average Bonchev–Trinajstić information content (AvgIpc) is 3.12. The number of nitrogens with zero attached hydrogens (tertiary/aromatic N) is 4. The summed E-state index contributed by atoms with van der Waals surface area (Å²) in [5.74, 6) is -1.73. The van der Waals surface area contributed by atoms with Gasteiger partial charge in [-0.3, -0.25) is 4.90 Å². The number of hydrogen-bond donors (Lipinski definition) is 1. The molecular weight excluding hydrogens is 332 g/mol. The number of aliphatic carboxylic acids is 1. The van der Waals surface area contributed by atoms with Crippen LogP contribution in [-0.2, 0) is 14.3 Å². The second kappa shape index (κ2) is 7.08. The summed E-state index contributed by atoms with van der Waals surface area (Å²) in [6.07, 6.45) is 0.827. The van der Waals surface area contributed by atoms with Gasteiger partial charge < -0.3 is 14.6 Å². The van der Waals surface area contributed by atoms with Gasteiger partial charge in [-0.2, -0.15) is 0 Å². The molecular formula is C15H22N4O6. The zero-order chi connectivity index (χ0) is 18.8. The summed E-state index contributed by atoms with van der Waals surface area (Å²) < 4.78 is 11.5. The van der Waals surface area contributed by atoms with Gasteiger partial charge >= 0.3 is 18.0 Å². The Kier molecular flexibility index (Phi) is 5.29. The van der Waals surface area contributed by atoms with Crippen LogP contribution in [0.4, 0.5) is 4.79 Å². The molecule has 2 rings (SSSR count). The van der Waals surface area contributed by atoms with Gasteiger partial charge in [-0.05, 0) is 27.7 Å². The Labute approximate surface area is 144 Å². The molecule has 0 aliphatic carbocycles. The Morgan fingerprint density at radius 1 is 1.36 bits per heavy atom. The van der Waals surface area contributed by atoms with Crippen LogP contribution >= 0.6 is 0 Å². The molecule has 0 aromatic carbocycles. The summed E-state index contributed by atoms with van der Waals surface area (Å²) in [7, 11) is 0. The fraction of sp³-hybridized carbons (Fsp3) is 0.667. The number of ether oxygens (including phenoxy) is 2. The van der Waals surface area contributed by atoms with Crippen LogP contribution < -0.4 is 0 Å². The first kappa shape index (κ1) is 18.7. The fourth-order valence-corrected chi connectivity index (χ4v) is 2.52. The second-order valence-electron chi connectivity index (χ2n) is 6.68. The molecule has 1 amide bonds. The van der Waals surface area contributed by atoms with Crippen molar-refractivity contribution >= 4 is 18.0 Å². The number of aromatic nitrogens is 3. The minimum absolute atomic E-state index is 0.0319. The number of likely N-dealkylation sites (tertiary alicyclic amines) is 1. The highest BCUT2D eigenvalue weighted by atomic mass is 16.6. The molecule has 1 N–H and O–H groups in total. The minimum Gasteiger partial charge on any atom is -0.480 e. The molecule has 0 spiro atoms. The van der Waals surface area contributed by atoms with Crippen molar-refractivity contribution in [1.29, 1.82) is 0 Å². The standard InChI is InChI=1S/C15H22N4O6/c1-5-24-13(22)10-8-19(17-16-10)9-6-11(12(20)21)18(7-9)14(23)25-15(2,3)4/h8-9,11H,5-7H2,1-4H3,(H,20,21)/t9-,11-/m0/s1. The summed E-state index contributed by atoms with van der Waals surface area (Å²) in [6.45, 7) is 7.10. The van der Waals surface area contributed by atoms with E-state index in [0.717, 1.165) is 4.90 Å². The third-order valence-corrected chi connectivity index (χ3v) is 3.56. The topological polar surface area (TPSA) is 124 Å². The first-order valence-electron chi connectivity index (χ1n) is 7.93. The third kappa shape index (κ3) is 4.46. The normalized spacial score (nSPS) is 20.4. The zero-order valence-electron chi connectivity index (χ0n) is 14.6. The maximum Gasteiger partial charge on any atom is 0.411 e. The van der Waals surface area contributed by atoms with Crippen molar-refractivity contribution in [3.63, 3.8) is 0 Å². The van der Waals surface area contributed by atoms with E-state index in [9.17, 15) is 19.5 Å². The van der Waals surface area contributed by atoms with Crippen LogP contribution in [0, 0.1) is 0 Å². The molecule has 0 saturated carbocycles. The number of carboxylic acid groups (broad SMARTS) is 1. The van der Waals surface area contributed by atoms with E-state index in [4.69, 9.17) is 9.47 Å². The van der Waals surface area contributed by atoms with Gasteiger partial charge in [0.2, 0.25) is 0 Å². The SMILES string of the molecule is CCOC(=O)c1cn([C@H]2C[C@@H](C(=O)O)N(C(=O)OC(C)(C)C)C2)nn1. The summed E-state index contributed by atoms with van der Waals surface area (Å²) in [6, 6.07) is -1.46. The van der Waals surface area contributed by atoms with Gasteiger partial charge in [0.25, 0.3) is 0 Å². The molecule has 138 valence electrons. The van der Waals surface area contributed by atoms with E-state index in [1.165, 1.54) is 10.9 Å². The lowest BCUT2D eigenvalue weighted by Crippen LogP contribution is -2.43. The van der Waals surface area contributed by atoms with E-state index < -0.39 is 35.7 Å². The summed E-state index contributed by atoms with van der Waals surface area (Å²) in [5.41, 5.74) is -0.702. The van der Waals surface area contributed by atoms with Crippen molar-refractivity contribution in [1.82, 2.24) is 19.9 Å². The lowest BCUT2D eigenvalue weighted by Gasteiger charge is -2.26. The van der Waals surface area contributed by atoms with Crippen LogP contribution in [0.1, 0.15) is 50.6 Å². The summed E-state index contributed by atoms with van der Waals surface area (Å²) in [5, 5.41) is 17.0. The Balaban J connectivity index is 2.15. The van der Waals surface area contributed by atoms with Gasteiger partial charge in [-0.25, -0.2) is 19.1 Å². The highest BCUT2D eigenvalue weighted by Crippen LogP contribution is 2.28. The van der Waals surface area contributed by atoms with Crippen molar-refractivity contribution in [2.24, 2.45) is 0 Å². The van der Waals surface area contributed by atoms with Crippen LogP contribution in [0.5, 0.6) is 0 Å². The van der Waals surface area contributed by atoms with Gasteiger partial charge in [0.15, 0.2) is 5.69 Å². The van der Waals surface area contributed by atoms with Crippen molar-refractivity contribution < 1.29 is 29.0 Å². The van der Waals surface area contributed by atoms with Gasteiger partial charge in [-0.15, -0.1) is 5.10 Å². The van der Waals surface area contributed by atoms with Gasteiger partial charge in [0.05, 0.1) is 18.8 Å². The largest absolute Gasteiger partial charge is 0.480 e. The number of carboxylic acids is 1. The van der Waals surface area contributed by atoms with Crippen LogP contribution in [0.25, 0.3) is 0 Å². The lowest BCUT2D eigenvalue weighted by molar-refractivity contribution is -0.142. The Morgan fingerprint density at radius 3 is 2.60 bits per heavy atom. The predicted octanol–water partition coefficient (Wildman–Crippen LogP) is 1.09. The van der Waals surface area contributed by atoms with Crippen LogP contribution in [-0.4, -0.2) is 67.8 Å². The van der Waals surface area contributed by atoms with Crippen molar-refractivity contribution in [3.05, 3.63) is 11.9 Å². The molecule has 0 bridgehead atoms. The Bertz CT molecular complexity index is 665. The van der Waals surface area contributed by atoms with Crippen molar-refractivity contribution in [2.75, 3.05) is 13.2 Å². The third-order valence-electron chi connectivity index (χ3n) is 3.56. The fourth-order valence-electron chi connectivity index (χ4n) is 2.52. The van der Waals surface area contributed by atoms with Gasteiger partial charge in [0, 0.05) is 13.0 Å². The quantitative estimate of drug-likeness (QED) is 0.797. The Morgan fingerprint density at radius 2 is 2.04 bits per heavy atom. The molecule has 1 aromatic rings. The van der Waals surface area contributed by atoms with Gasteiger partial charge in [0.1, 0.15) is 11.6 Å². The molecule has 1 aromatic heterocycles. The van der Waals surface area contributed by atoms with Crippen LogP contribution in [0.2, 0.25) is 0 Å². The van der Waals surface area contributed by atoms with E-state index in [1.807, 2.05) is 0 Å². The summed E-state index contributed by atoms with van der Waals surface area (Å²) in [4.78, 5) is 36.6.